The van der Waals surface area contributed by atoms with E-state index >= 15 is 0 Å². The topological polar surface area (TPSA) is 94.3 Å². The molecule has 1 saturated heterocycles. The Balaban J connectivity index is 1.55. The number of hydrogen-bond donors (Lipinski definition) is 4. The maximum atomic E-state index is 10.0. The van der Waals surface area contributed by atoms with Gasteiger partial charge in [0.1, 0.15) is 29.8 Å². The normalized spacial score (nSPS) is 41.8. The Morgan fingerprint density at radius 2 is 2.11 bits per heavy atom. The zero-order valence-corrected chi connectivity index (χ0v) is 11.4. The van der Waals surface area contributed by atoms with E-state index in [0.29, 0.717) is 0 Å². The van der Waals surface area contributed by atoms with E-state index in [1.807, 2.05) is 0 Å². The van der Waals surface area contributed by atoms with Gasteiger partial charge in [-0.25, -0.2) is 0 Å². The van der Waals surface area contributed by atoms with Crippen molar-refractivity contribution in [2.24, 2.45) is 10.9 Å². The number of aliphatic imine (C=N–C) groups is 1. The molecule has 2 fully saturated rings. The number of rotatable bonds is 4. The standard InChI is InChI=1S/C12H20N2O4S/c15-5-7-9(16)10(17)8-11(18-7)19-12(14-8)13-4-3-6-1-2-6/h6-11,15-17H,1-5H2,(H,13,14)/t7-,8-,9-,10-,11-/m1/s1. The van der Waals surface area contributed by atoms with Crippen molar-refractivity contribution in [3.05, 3.63) is 0 Å². The van der Waals surface area contributed by atoms with Crippen molar-refractivity contribution in [3.63, 3.8) is 0 Å². The SMILES string of the molecule is OC[C@H]1O[C@@H]2SC(NCCC3CC3)=N[C@@H]2[C@@H](O)[C@@H]1O. The molecule has 6 nitrogen and oxygen atoms in total. The number of ether oxygens (including phenoxy) is 1. The molecule has 3 aliphatic rings. The molecule has 0 bridgehead atoms. The fourth-order valence-electron chi connectivity index (χ4n) is 2.45. The van der Waals surface area contributed by atoms with Crippen LogP contribution in [0.3, 0.4) is 0 Å². The van der Waals surface area contributed by atoms with E-state index in [1.165, 1.54) is 24.6 Å². The summed E-state index contributed by atoms with van der Waals surface area (Å²) in [6, 6.07) is -0.453. The number of aliphatic hydroxyl groups excluding tert-OH is 3. The molecular weight excluding hydrogens is 268 g/mol. The summed E-state index contributed by atoms with van der Waals surface area (Å²) in [5, 5.41) is 32.9. The van der Waals surface area contributed by atoms with E-state index in [1.54, 1.807) is 0 Å². The molecule has 7 heteroatoms. The van der Waals surface area contributed by atoms with Crippen LogP contribution in [-0.2, 0) is 4.74 Å². The molecule has 0 radical (unpaired) electrons. The number of nitrogens with one attached hydrogen (secondary N) is 1. The number of nitrogens with zero attached hydrogens (tertiary/aromatic N) is 1. The highest BCUT2D eigenvalue weighted by Crippen LogP contribution is 2.36. The molecule has 5 atom stereocenters. The lowest BCUT2D eigenvalue weighted by Crippen LogP contribution is -2.55. The van der Waals surface area contributed by atoms with Gasteiger partial charge in [0.25, 0.3) is 0 Å². The van der Waals surface area contributed by atoms with Gasteiger partial charge in [-0.15, -0.1) is 0 Å². The van der Waals surface area contributed by atoms with E-state index in [9.17, 15) is 10.2 Å². The summed E-state index contributed by atoms with van der Waals surface area (Å²) in [4.78, 5) is 4.38. The van der Waals surface area contributed by atoms with E-state index in [0.717, 1.165) is 24.1 Å². The smallest absolute Gasteiger partial charge is 0.159 e. The van der Waals surface area contributed by atoms with Crippen molar-refractivity contribution < 1.29 is 20.1 Å². The molecule has 2 heterocycles. The first-order valence-electron chi connectivity index (χ1n) is 6.80. The van der Waals surface area contributed by atoms with Crippen LogP contribution in [0.4, 0.5) is 0 Å². The molecular formula is C12H20N2O4S. The van der Waals surface area contributed by atoms with Gasteiger partial charge in [0.2, 0.25) is 0 Å². The van der Waals surface area contributed by atoms with Crippen LogP contribution < -0.4 is 5.32 Å². The highest BCUT2D eigenvalue weighted by Gasteiger charge is 2.47. The summed E-state index contributed by atoms with van der Waals surface area (Å²) in [6.45, 7) is 0.588. The van der Waals surface area contributed by atoms with Gasteiger partial charge in [-0.3, -0.25) is 4.99 Å². The van der Waals surface area contributed by atoms with Gasteiger partial charge in [0.05, 0.1) is 6.61 Å². The highest BCUT2D eigenvalue weighted by molar-refractivity contribution is 8.14. The van der Waals surface area contributed by atoms with Crippen molar-refractivity contribution >= 4 is 16.9 Å². The number of amidine groups is 1. The second-order valence-electron chi connectivity index (χ2n) is 5.41. The Bertz CT molecular complexity index is 364. The van der Waals surface area contributed by atoms with Gasteiger partial charge in [0.15, 0.2) is 5.17 Å². The summed E-state index contributed by atoms with van der Waals surface area (Å²) in [5.41, 5.74) is -0.320. The minimum absolute atomic E-state index is 0.299. The summed E-state index contributed by atoms with van der Waals surface area (Å²) < 4.78 is 5.56. The fraction of sp³-hybridized carbons (Fsp3) is 0.917. The van der Waals surface area contributed by atoms with Crippen LogP contribution in [0.2, 0.25) is 0 Å². The Morgan fingerprint density at radius 1 is 1.32 bits per heavy atom. The number of thioether (sulfide) groups is 1. The third-order valence-corrected chi connectivity index (χ3v) is 4.96. The molecule has 4 N–H and O–H groups in total. The van der Waals surface area contributed by atoms with E-state index in [2.05, 4.69) is 10.3 Å². The van der Waals surface area contributed by atoms with E-state index in [4.69, 9.17) is 9.84 Å². The summed E-state index contributed by atoms with van der Waals surface area (Å²) in [5.74, 6) is 0.865. The largest absolute Gasteiger partial charge is 0.394 e. The highest BCUT2D eigenvalue weighted by atomic mass is 32.2. The Kier molecular flexibility index (Phi) is 4.00. The van der Waals surface area contributed by atoms with Crippen LogP contribution in [-0.4, -0.2) is 63.4 Å². The average Bonchev–Trinajstić information content (AvgIpc) is 3.13. The van der Waals surface area contributed by atoms with Crippen LogP contribution in [0.15, 0.2) is 4.99 Å². The van der Waals surface area contributed by atoms with E-state index in [-0.39, 0.29) is 12.0 Å². The molecule has 3 rings (SSSR count). The fourth-order valence-corrected chi connectivity index (χ4v) is 3.60. The Labute approximate surface area is 116 Å². The second-order valence-corrected chi connectivity index (χ2v) is 6.50. The summed E-state index contributed by atoms with van der Waals surface area (Å²) >= 11 is 1.43. The third kappa shape index (κ3) is 2.90. The lowest BCUT2D eigenvalue weighted by Gasteiger charge is -2.37. The van der Waals surface area contributed by atoms with Gasteiger partial charge < -0.3 is 25.4 Å². The third-order valence-electron chi connectivity index (χ3n) is 3.87. The molecule has 0 aromatic carbocycles. The maximum Gasteiger partial charge on any atom is 0.159 e. The van der Waals surface area contributed by atoms with Gasteiger partial charge in [-0.1, -0.05) is 24.6 Å². The first-order valence-corrected chi connectivity index (χ1v) is 7.68. The average molecular weight is 288 g/mol. The number of aliphatic hydroxyl groups is 3. The molecule has 0 aromatic heterocycles. The van der Waals surface area contributed by atoms with Gasteiger partial charge in [0, 0.05) is 6.54 Å². The molecule has 0 aromatic rings. The second kappa shape index (κ2) is 5.57. The number of hydrogen-bond acceptors (Lipinski definition) is 7. The molecule has 19 heavy (non-hydrogen) atoms. The monoisotopic (exact) mass is 288 g/mol. The first-order chi connectivity index (χ1) is 9.19. The van der Waals surface area contributed by atoms with Crippen LogP contribution in [0.5, 0.6) is 0 Å². The molecule has 0 unspecified atom stereocenters. The van der Waals surface area contributed by atoms with Crippen molar-refractivity contribution in [2.45, 2.75) is 49.1 Å². The predicted octanol–water partition coefficient (Wildman–Crippen LogP) is -0.714. The molecule has 0 amide bonds. The summed E-state index contributed by atoms with van der Waals surface area (Å²) in [6.07, 6.45) is 1.02. The minimum Gasteiger partial charge on any atom is -0.394 e. The van der Waals surface area contributed by atoms with Crippen LogP contribution >= 0.6 is 11.8 Å². The van der Waals surface area contributed by atoms with Crippen LogP contribution in [0, 0.1) is 5.92 Å². The molecule has 2 aliphatic heterocycles. The van der Waals surface area contributed by atoms with Crippen molar-refractivity contribution in [1.82, 2.24) is 5.32 Å². The first kappa shape index (κ1) is 13.6. The predicted molar refractivity (Wildman–Crippen MR) is 71.9 cm³/mol. The Hall–Kier alpha value is -0.340. The zero-order valence-electron chi connectivity index (χ0n) is 10.6. The minimum atomic E-state index is -1.08. The molecule has 1 aliphatic carbocycles. The zero-order chi connectivity index (χ0) is 13.4. The summed E-state index contributed by atoms with van der Waals surface area (Å²) in [7, 11) is 0. The van der Waals surface area contributed by atoms with Crippen molar-refractivity contribution in [1.29, 1.82) is 0 Å². The molecule has 0 spiro atoms. The van der Waals surface area contributed by atoms with Crippen molar-refractivity contribution in [2.75, 3.05) is 13.2 Å². The quantitative estimate of drug-likeness (QED) is 0.546. The molecule has 1 saturated carbocycles. The van der Waals surface area contributed by atoms with Crippen LogP contribution in [0.25, 0.3) is 0 Å². The van der Waals surface area contributed by atoms with Gasteiger partial charge in [-0.05, 0) is 12.3 Å². The molecule has 108 valence electrons. The lowest BCUT2D eigenvalue weighted by molar-refractivity contribution is -0.164. The lowest BCUT2D eigenvalue weighted by atomic mass is 9.99. The van der Waals surface area contributed by atoms with Crippen molar-refractivity contribution in [3.8, 4) is 0 Å². The van der Waals surface area contributed by atoms with Gasteiger partial charge in [-0.2, -0.15) is 0 Å². The van der Waals surface area contributed by atoms with Crippen LogP contribution in [0.1, 0.15) is 19.3 Å². The Morgan fingerprint density at radius 3 is 2.79 bits per heavy atom. The maximum absolute atomic E-state index is 10.0. The van der Waals surface area contributed by atoms with Gasteiger partial charge >= 0.3 is 0 Å². The number of fused-ring (bicyclic) bond motifs is 1. The van der Waals surface area contributed by atoms with E-state index < -0.39 is 24.4 Å².